The van der Waals surface area contributed by atoms with E-state index in [0.717, 1.165) is 6.42 Å². The van der Waals surface area contributed by atoms with E-state index in [1.807, 2.05) is 0 Å². The fourth-order valence-corrected chi connectivity index (χ4v) is 2.37. The van der Waals surface area contributed by atoms with E-state index in [1.165, 1.54) is 13.8 Å². The molecule has 0 saturated carbocycles. The molecule has 26 heavy (non-hydrogen) atoms. The zero-order valence-corrected chi connectivity index (χ0v) is 14.7. The lowest BCUT2D eigenvalue weighted by atomic mass is 10.1. The van der Waals surface area contributed by atoms with E-state index in [9.17, 15) is 24.0 Å². The molecule has 0 bridgehead atoms. The topological polar surface area (TPSA) is 180 Å². The molecule has 1 fully saturated rings. The van der Waals surface area contributed by atoms with Crippen molar-refractivity contribution in [3.63, 3.8) is 0 Å². The van der Waals surface area contributed by atoms with Crippen molar-refractivity contribution in [1.29, 1.82) is 0 Å². The molecule has 11 heteroatoms. The van der Waals surface area contributed by atoms with Crippen LogP contribution in [0.5, 0.6) is 0 Å². The molecule has 4 atom stereocenters. The number of amides is 4. The van der Waals surface area contributed by atoms with Crippen LogP contribution >= 0.6 is 0 Å². The average Bonchev–Trinajstić information content (AvgIpc) is 3.07. The van der Waals surface area contributed by atoms with Crippen molar-refractivity contribution in [3.8, 4) is 0 Å². The number of carbonyl (C=O) groups excluding carboxylic acids is 4. The van der Waals surface area contributed by atoms with Gasteiger partial charge >= 0.3 is 5.97 Å². The number of carboxylic acid groups (broad SMARTS) is 1. The molecule has 1 heterocycles. The number of nitrogens with two attached hydrogens (primary N) is 1. The Balaban J connectivity index is 2.66. The van der Waals surface area contributed by atoms with Crippen molar-refractivity contribution in [1.82, 2.24) is 21.3 Å². The summed E-state index contributed by atoms with van der Waals surface area (Å²) in [5.74, 6) is -3.92. The maximum Gasteiger partial charge on any atom is 0.325 e. The predicted octanol–water partition coefficient (Wildman–Crippen LogP) is -2.81. The summed E-state index contributed by atoms with van der Waals surface area (Å²) in [6.45, 7) is 3.31. The molecule has 0 aliphatic carbocycles. The largest absolute Gasteiger partial charge is 0.480 e. The molecule has 0 radical (unpaired) electrons. The third kappa shape index (κ3) is 6.67. The highest BCUT2D eigenvalue weighted by Crippen LogP contribution is 2.06. The highest BCUT2D eigenvalue weighted by molar-refractivity contribution is 5.96. The first kappa shape index (κ1) is 21.4. The number of primary amides is 1. The van der Waals surface area contributed by atoms with Crippen molar-refractivity contribution in [3.05, 3.63) is 0 Å². The minimum absolute atomic E-state index is 0.426. The Kier molecular flexibility index (Phi) is 7.97. The minimum atomic E-state index is -1.23. The van der Waals surface area contributed by atoms with E-state index in [0.29, 0.717) is 13.0 Å². The molecule has 146 valence electrons. The molecular formula is C15H25N5O6. The second-order valence-electron chi connectivity index (χ2n) is 6.18. The summed E-state index contributed by atoms with van der Waals surface area (Å²) < 4.78 is 0. The van der Waals surface area contributed by atoms with Gasteiger partial charge in [0.1, 0.15) is 18.1 Å². The van der Waals surface area contributed by atoms with Gasteiger partial charge in [-0.25, -0.2) is 0 Å². The lowest BCUT2D eigenvalue weighted by Crippen LogP contribution is -2.56. The van der Waals surface area contributed by atoms with Crippen LogP contribution in [0.4, 0.5) is 0 Å². The number of rotatable bonds is 9. The summed E-state index contributed by atoms with van der Waals surface area (Å²) in [6, 6.07) is -3.87. The molecule has 4 amide bonds. The predicted molar refractivity (Wildman–Crippen MR) is 89.6 cm³/mol. The monoisotopic (exact) mass is 371 g/mol. The van der Waals surface area contributed by atoms with Gasteiger partial charge in [-0.15, -0.1) is 0 Å². The fraction of sp³-hybridized carbons (Fsp3) is 0.667. The van der Waals surface area contributed by atoms with Crippen LogP contribution in [0.2, 0.25) is 0 Å². The van der Waals surface area contributed by atoms with Gasteiger partial charge in [-0.05, 0) is 33.2 Å². The number of carbonyl (C=O) groups is 5. The van der Waals surface area contributed by atoms with Gasteiger partial charge in [-0.2, -0.15) is 0 Å². The highest BCUT2D eigenvalue weighted by atomic mass is 16.4. The maximum absolute atomic E-state index is 12.3. The summed E-state index contributed by atoms with van der Waals surface area (Å²) in [6.07, 6.45) is 1.01. The van der Waals surface area contributed by atoms with E-state index in [4.69, 9.17) is 10.8 Å². The van der Waals surface area contributed by atoms with Gasteiger partial charge in [0, 0.05) is 0 Å². The van der Waals surface area contributed by atoms with Crippen molar-refractivity contribution in [2.45, 2.75) is 57.3 Å². The van der Waals surface area contributed by atoms with E-state index < -0.39 is 60.2 Å². The molecule has 1 aliphatic rings. The number of nitrogens with one attached hydrogen (secondary N) is 4. The first-order chi connectivity index (χ1) is 12.1. The first-order valence-electron chi connectivity index (χ1n) is 8.27. The Bertz CT molecular complexity index is 575. The van der Waals surface area contributed by atoms with Gasteiger partial charge in [0.05, 0.1) is 12.5 Å². The van der Waals surface area contributed by atoms with Gasteiger partial charge in [0.15, 0.2) is 0 Å². The summed E-state index contributed by atoms with van der Waals surface area (Å²) in [5.41, 5.74) is 5.12. The van der Waals surface area contributed by atoms with Gasteiger partial charge in [-0.3, -0.25) is 24.0 Å². The molecule has 0 aromatic heterocycles. The number of hydrogen-bond acceptors (Lipinski definition) is 6. The van der Waals surface area contributed by atoms with Crippen LogP contribution in [0.15, 0.2) is 0 Å². The molecule has 0 aromatic carbocycles. The van der Waals surface area contributed by atoms with Crippen LogP contribution in [-0.2, 0) is 24.0 Å². The SMILES string of the molecule is CC(NC(=O)C(C)NC(=O)C(CC(N)=O)NC(=O)C1CCCN1)C(=O)O. The van der Waals surface area contributed by atoms with Crippen LogP contribution in [0.25, 0.3) is 0 Å². The molecule has 11 nitrogen and oxygen atoms in total. The quantitative estimate of drug-likeness (QED) is 0.253. The van der Waals surface area contributed by atoms with Crippen LogP contribution < -0.4 is 27.0 Å². The fourth-order valence-electron chi connectivity index (χ4n) is 2.37. The zero-order valence-electron chi connectivity index (χ0n) is 14.7. The number of aliphatic carboxylic acids is 1. The Labute approximate surface area is 150 Å². The first-order valence-corrected chi connectivity index (χ1v) is 8.27. The van der Waals surface area contributed by atoms with E-state index in [-0.39, 0.29) is 0 Å². The average molecular weight is 371 g/mol. The lowest BCUT2D eigenvalue weighted by molar-refractivity contribution is -0.141. The molecule has 1 rings (SSSR count). The van der Waals surface area contributed by atoms with Crippen molar-refractivity contribution < 1.29 is 29.1 Å². The summed E-state index contributed by atoms with van der Waals surface area (Å²) in [7, 11) is 0. The smallest absolute Gasteiger partial charge is 0.325 e. The Morgan fingerprint density at radius 2 is 1.69 bits per heavy atom. The van der Waals surface area contributed by atoms with Gasteiger partial charge in [-0.1, -0.05) is 0 Å². The van der Waals surface area contributed by atoms with Crippen molar-refractivity contribution in [2.75, 3.05) is 6.54 Å². The van der Waals surface area contributed by atoms with Crippen LogP contribution in [-0.4, -0.2) is 65.4 Å². The van der Waals surface area contributed by atoms with Crippen molar-refractivity contribution in [2.24, 2.45) is 5.73 Å². The van der Waals surface area contributed by atoms with Gasteiger partial charge in [0.2, 0.25) is 23.6 Å². The number of hydrogen-bond donors (Lipinski definition) is 6. The van der Waals surface area contributed by atoms with Crippen LogP contribution in [0.3, 0.4) is 0 Å². The van der Waals surface area contributed by atoms with Crippen LogP contribution in [0, 0.1) is 0 Å². The molecule has 7 N–H and O–H groups in total. The van der Waals surface area contributed by atoms with Gasteiger partial charge < -0.3 is 32.1 Å². The Morgan fingerprint density at radius 1 is 1.08 bits per heavy atom. The molecule has 1 saturated heterocycles. The Hall–Kier alpha value is -2.69. The normalized spacial score (nSPS) is 19.7. The molecular weight excluding hydrogens is 346 g/mol. The zero-order chi connectivity index (χ0) is 19.9. The maximum atomic E-state index is 12.3. The standard InChI is InChI=1S/C15H25N5O6/c1-7(12(22)19-8(2)15(25)26)18-14(24)10(6-11(16)21)20-13(23)9-4-3-5-17-9/h7-10,17H,3-6H2,1-2H3,(H2,16,21)(H,18,24)(H,19,22)(H,20,23)(H,25,26). The number of carboxylic acids is 1. The lowest BCUT2D eigenvalue weighted by Gasteiger charge is -2.22. The third-order valence-corrected chi connectivity index (χ3v) is 3.90. The summed E-state index contributed by atoms with van der Waals surface area (Å²) in [4.78, 5) is 58.3. The second kappa shape index (κ2) is 9.70. The van der Waals surface area contributed by atoms with Crippen LogP contribution in [0.1, 0.15) is 33.1 Å². The molecule has 4 unspecified atom stereocenters. The highest BCUT2D eigenvalue weighted by Gasteiger charge is 2.30. The van der Waals surface area contributed by atoms with E-state index in [1.54, 1.807) is 0 Å². The molecule has 1 aliphatic heterocycles. The van der Waals surface area contributed by atoms with Crippen molar-refractivity contribution >= 4 is 29.6 Å². The second-order valence-corrected chi connectivity index (χ2v) is 6.18. The van der Waals surface area contributed by atoms with E-state index in [2.05, 4.69) is 21.3 Å². The minimum Gasteiger partial charge on any atom is -0.480 e. The third-order valence-electron chi connectivity index (χ3n) is 3.90. The Morgan fingerprint density at radius 3 is 2.19 bits per heavy atom. The summed E-state index contributed by atoms with van der Waals surface area (Å²) in [5, 5.41) is 18.7. The molecule has 0 aromatic rings. The van der Waals surface area contributed by atoms with Gasteiger partial charge in [0.25, 0.3) is 0 Å². The summed E-state index contributed by atoms with van der Waals surface area (Å²) >= 11 is 0. The molecule has 0 spiro atoms. The van der Waals surface area contributed by atoms with E-state index >= 15 is 0 Å².